The van der Waals surface area contributed by atoms with E-state index >= 15 is 0 Å². The minimum absolute atomic E-state index is 0.295. The van der Waals surface area contributed by atoms with Crippen molar-refractivity contribution in [1.29, 1.82) is 0 Å². The first-order chi connectivity index (χ1) is 6.75. The van der Waals surface area contributed by atoms with E-state index in [9.17, 15) is 9.50 Å². The van der Waals surface area contributed by atoms with Gasteiger partial charge in [0.1, 0.15) is 5.82 Å². The summed E-state index contributed by atoms with van der Waals surface area (Å²) in [6.45, 7) is 3.23. The van der Waals surface area contributed by atoms with Gasteiger partial charge in [0, 0.05) is 18.3 Å². The van der Waals surface area contributed by atoms with E-state index in [1.807, 2.05) is 6.92 Å². The molecule has 78 valence electrons. The Morgan fingerprint density at radius 3 is 3.07 bits per heavy atom. The Balaban J connectivity index is 2.51. The summed E-state index contributed by atoms with van der Waals surface area (Å²) in [5, 5.41) is 12.6. The van der Waals surface area contributed by atoms with Crippen molar-refractivity contribution in [2.24, 2.45) is 0 Å². The summed E-state index contributed by atoms with van der Waals surface area (Å²) in [4.78, 5) is 3.62. The molecule has 0 aliphatic carbocycles. The summed E-state index contributed by atoms with van der Waals surface area (Å²) in [6.07, 6.45) is 2.77. The molecule has 0 spiro atoms. The SMILES string of the molecule is CCCNCC(O)c1ccncc1F. The topological polar surface area (TPSA) is 45.1 Å². The van der Waals surface area contributed by atoms with E-state index in [0.717, 1.165) is 19.2 Å². The van der Waals surface area contributed by atoms with E-state index in [-0.39, 0.29) is 0 Å². The van der Waals surface area contributed by atoms with Crippen molar-refractivity contribution in [3.05, 3.63) is 29.8 Å². The number of nitrogens with one attached hydrogen (secondary N) is 1. The second-order valence-electron chi connectivity index (χ2n) is 3.12. The molecule has 1 aromatic rings. The van der Waals surface area contributed by atoms with Crippen LogP contribution < -0.4 is 5.32 Å². The molecule has 1 atom stereocenters. The Kier molecular flexibility index (Phi) is 4.49. The molecular formula is C10H15FN2O. The molecule has 0 saturated heterocycles. The molecule has 0 aliphatic rings. The van der Waals surface area contributed by atoms with Gasteiger partial charge in [-0.05, 0) is 19.0 Å². The summed E-state index contributed by atoms with van der Waals surface area (Å²) < 4.78 is 13.1. The van der Waals surface area contributed by atoms with E-state index in [0.29, 0.717) is 12.1 Å². The number of rotatable bonds is 5. The third kappa shape index (κ3) is 3.05. The number of hydrogen-bond acceptors (Lipinski definition) is 3. The smallest absolute Gasteiger partial charge is 0.147 e. The molecule has 0 aliphatic heterocycles. The third-order valence-electron chi connectivity index (χ3n) is 1.93. The van der Waals surface area contributed by atoms with Gasteiger partial charge in [0.25, 0.3) is 0 Å². The Morgan fingerprint density at radius 2 is 2.43 bits per heavy atom. The van der Waals surface area contributed by atoms with Crippen molar-refractivity contribution in [3.8, 4) is 0 Å². The second-order valence-corrected chi connectivity index (χ2v) is 3.12. The van der Waals surface area contributed by atoms with Crippen LogP contribution in [0.25, 0.3) is 0 Å². The Hall–Kier alpha value is -1.00. The summed E-state index contributed by atoms with van der Waals surface area (Å²) in [5.74, 6) is -0.460. The lowest BCUT2D eigenvalue weighted by Gasteiger charge is -2.11. The van der Waals surface area contributed by atoms with E-state index in [2.05, 4.69) is 10.3 Å². The van der Waals surface area contributed by atoms with Gasteiger partial charge in [-0.25, -0.2) is 4.39 Å². The van der Waals surface area contributed by atoms with Crippen molar-refractivity contribution < 1.29 is 9.50 Å². The fraction of sp³-hybridized carbons (Fsp3) is 0.500. The monoisotopic (exact) mass is 198 g/mol. The first-order valence-electron chi connectivity index (χ1n) is 4.74. The fourth-order valence-corrected chi connectivity index (χ4v) is 1.18. The molecule has 0 aromatic carbocycles. The lowest BCUT2D eigenvalue weighted by Crippen LogP contribution is -2.22. The van der Waals surface area contributed by atoms with Gasteiger partial charge in [-0.1, -0.05) is 6.92 Å². The number of aromatic nitrogens is 1. The van der Waals surface area contributed by atoms with Gasteiger partial charge >= 0.3 is 0 Å². The van der Waals surface area contributed by atoms with Gasteiger partial charge in [0.05, 0.1) is 12.3 Å². The first kappa shape index (κ1) is 11.1. The van der Waals surface area contributed by atoms with Crippen molar-refractivity contribution in [3.63, 3.8) is 0 Å². The molecular weight excluding hydrogens is 183 g/mol. The summed E-state index contributed by atoms with van der Waals surface area (Å²) in [6, 6.07) is 1.49. The highest BCUT2D eigenvalue weighted by Gasteiger charge is 2.11. The standard InChI is InChI=1S/C10H15FN2O/c1-2-4-12-7-10(14)8-3-5-13-6-9(8)11/h3,5-6,10,12,14H,2,4,7H2,1H3. The number of pyridine rings is 1. The first-order valence-corrected chi connectivity index (χ1v) is 4.74. The van der Waals surface area contributed by atoms with E-state index < -0.39 is 11.9 Å². The largest absolute Gasteiger partial charge is 0.387 e. The molecule has 0 bridgehead atoms. The molecule has 4 heteroatoms. The van der Waals surface area contributed by atoms with Gasteiger partial charge in [-0.2, -0.15) is 0 Å². The second kappa shape index (κ2) is 5.67. The minimum atomic E-state index is -0.801. The van der Waals surface area contributed by atoms with Crippen LogP contribution in [0.3, 0.4) is 0 Å². The number of hydrogen-bond donors (Lipinski definition) is 2. The quantitative estimate of drug-likeness (QED) is 0.700. The number of aliphatic hydroxyl groups is 1. The minimum Gasteiger partial charge on any atom is -0.387 e. The Bertz CT molecular complexity index is 281. The van der Waals surface area contributed by atoms with Crippen LogP contribution in [0, 0.1) is 5.82 Å². The highest BCUT2D eigenvalue weighted by atomic mass is 19.1. The zero-order chi connectivity index (χ0) is 10.4. The van der Waals surface area contributed by atoms with Crippen LogP contribution >= 0.6 is 0 Å². The normalized spacial score (nSPS) is 12.8. The predicted molar refractivity (Wildman–Crippen MR) is 52.3 cm³/mol. The van der Waals surface area contributed by atoms with Crippen molar-refractivity contribution in [1.82, 2.24) is 10.3 Å². The molecule has 0 fully saturated rings. The van der Waals surface area contributed by atoms with Gasteiger partial charge in [-0.15, -0.1) is 0 Å². The summed E-state index contributed by atoms with van der Waals surface area (Å²) >= 11 is 0. The van der Waals surface area contributed by atoms with Gasteiger partial charge in [-0.3, -0.25) is 4.98 Å². The van der Waals surface area contributed by atoms with Crippen molar-refractivity contribution >= 4 is 0 Å². The lowest BCUT2D eigenvalue weighted by molar-refractivity contribution is 0.170. The zero-order valence-corrected chi connectivity index (χ0v) is 8.20. The maximum Gasteiger partial charge on any atom is 0.147 e. The maximum absolute atomic E-state index is 13.1. The van der Waals surface area contributed by atoms with E-state index in [4.69, 9.17) is 0 Å². The van der Waals surface area contributed by atoms with Crippen LogP contribution in [-0.4, -0.2) is 23.2 Å². The number of nitrogens with zero attached hydrogens (tertiary/aromatic N) is 1. The Morgan fingerprint density at radius 1 is 1.64 bits per heavy atom. The molecule has 1 heterocycles. The highest BCUT2D eigenvalue weighted by molar-refractivity contribution is 5.15. The number of aliphatic hydroxyl groups excluding tert-OH is 1. The van der Waals surface area contributed by atoms with Crippen LogP contribution in [0.1, 0.15) is 25.0 Å². The molecule has 0 saturated carbocycles. The average molecular weight is 198 g/mol. The average Bonchev–Trinajstić information content (AvgIpc) is 2.18. The maximum atomic E-state index is 13.1. The number of halogens is 1. The van der Waals surface area contributed by atoms with Gasteiger partial charge in [0.2, 0.25) is 0 Å². The lowest BCUT2D eigenvalue weighted by atomic mass is 10.1. The van der Waals surface area contributed by atoms with Crippen LogP contribution in [0.5, 0.6) is 0 Å². The predicted octanol–water partition coefficient (Wildman–Crippen LogP) is 1.25. The van der Waals surface area contributed by atoms with E-state index in [1.165, 1.54) is 12.3 Å². The van der Waals surface area contributed by atoms with E-state index in [1.54, 1.807) is 0 Å². The summed E-state index contributed by atoms with van der Waals surface area (Å²) in [5.41, 5.74) is 0.295. The molecule has 2 N–H and O–H groups in total. The summed E-state index contributed by atoms with van der Waals surface area (Å²) in [7, 11) is 0. The molecule has 1 rings (SSSR count). The molecule has 0 radical (unpaired) electrons. The highest BCUT2D eigenvalue weighted by Crippen LogP contribution is 2.14. The fourth-order valence-electron chi connectivity index (χ4n) is 1.18. The molecule has 3 nitrogen and oxygen atoms in total. The molecule has 1 unspecified atom stereocenters. The van der Waals surface area contributed by atoms with Crippen molar-refractivity contribution in [2.75, 3.05) is 13.1 Å². The molecule has 1 aromatic heterocycles. The van der Waals surface area contributed by atoms with Crippen LogP contribution in [0.15, 0.2) is 18.5 Å². The van der Waals surface area contributed by atoms with Gasteiger partial charge in [0.15, 0.2) is 0 Å². The zero-order valence-electron chi connectivity index (χ0n) is 8.20. The third-order valence-corrected chi connectivity index (χ3v) is 1.93. The Labute approximate surface area is 83.0 Å². The van der Waals surface area contributed by atoms with Crippen molar-refractivity contribution in [2.45, 2.75) is 19.4 Å². The molecule has 0 amide bonds. The van der Waals surface area contributed by atoms with Gasteiger partial charge < -0.3 is 10.4 Å². The van der Waals surface area contributed by atoms with Crippen LogP contribution in [-0.2, 0) is 0 Å². The van der Waals surface area contributed by atoms with Crippen LogP contribution in [0.2, 0.25) is 0 Å². The van der Waals surface area contributed by atoms with Crippen LogP contribution in [0.4, 0.5) is 4.39 Å². The molecule has 14 heavy (non-hydrogen) atoms.